The zero-order valence-corrected chi connectivity index (χ0v) is 11.7. The molecule has 0 radical (unpaired) electrons. The van der Waals surface area contributed by atoms with E-state index in [0.29, 0.717) is 18.4 Å². The molecule has 1 fully saturated rings. The molecule has 3 nitrogen and oxygen atoms in total. The van der Waals surface area contributed by atoms with E-state index in [9.17, 15) is 15.0 Å². The molecule has 0 aromatic rings. The molecule has 2 N–H and O–H groups in total. The molecule has 0 saturated heterocycles. The van der Waals surface area contributed by atoms with Gasteiger partial charge in [-0.25, -0.2) is 0 Å². The number of carbonyl (C=O) groups is 1. The number of Topliss-reactive ketones (excluding diaryl/α,β-unsaturated/α-hetero) is 1. The third-order valence-electron chi connectivity index (χ3n) is 5.01. The Bertz CT molecular complexity index is 397. The maximum absolute atomic E-state index is 12.6. The quantitative estimate of drug-likeness (QED) is 0.751. The summed E-state index contributed by atoms with van der Waals surface area (Å²) < 4.78 is 0. The Balaban J connectivity index is 2.51. The zero-order chi connectivity index (χ0) is 13.7. The molecule has 2 aliphatic rings. The molecule has 0 heterocycles. The van der Waals surface area contributed by atoms with E-state index in [-0.39, 0.29) is 17.6 Å². The van der Waals surface area contributed by atoms with E-state index >= 15 is 0 Å². The molecular formula is C15H24O3. The summed E-state index contributed by atoms with van der Waals surface area (Å²) in [6.45, 7) is 7.85. The molecule has 0 aliphatic heterocycles. The van der Waals surface area contributed by atoms with E-state index in [0.717, 1.165) is 12.0 Å². The molecule has 3 heteroatoms. The van der Waals surface area contributed by atoms with Gasteiger partial charge in [0.2, 0.25) is 0 Å². The number of aliphatic hydroxyl groups excluding tert-OH is 2. The number of rotatable bonds is 1. The third kappa shape index (κ3) is 1.76. The van der Waals surface area contributed by atoms with Gasteiger partial charge in [0.15, 0.2) is 5.78 Å². The fraction of sp³-hybridized carbons (Fsp3) is 0.800. The lowest BCUT2D eigenvalue weighted by Gasteiger charge is -2.49. The maximum Gasteiger partial charge on any atom is 0.162 e. The van der Waals surface area contributed by atoms with Gasteiger partial charge in [0.25, 0.3) is 0 Å². The van der Waals surface area contributed by atoms with Crippen LogP contribution in [-0.4, -0.2) is 28.2 Å². The monoisotopic (exact) mass is 252 g/mol. The predicted molar refractivity (Wildman–Crippen MR) is 70.0 cm³/mol. The normalized spacial score (nSPS) is 41.3. The molecule has 0 unspecified atom stereocenters. The van der Waals surface area contributed by atoms with Gasteiger partial charge in [-0.15, -0.1) is 0 Å². The highest BCUT2D eigenvalue weighted by Gasteiger charge is 2.54. The number of allylic oxidation sites excluding steroid dienone is 1. The van der Waals surface area contributed by atoms with Gasteiger partial charge in [0.05, 0.1) is 12.2 Å². The molecule has 2 rings (SSSR count). The first-order valence-corrected chi connectivity index (χ1v) is 6.90. The van der Waals surface area contributed by atoms with Crippen molar-refractivity contribution in [2.45, 2.75) is 59.2 Å². The summed E-state index contributed by atoms with van der Waals surface area (Å²) >= 11 is 0. The number of fused-ring (bicyclic) bond motifs is 1. The van der Waals surface area contributed by atoms with Crippen LogP contribution < -0.4 is 0 Å². The Kier molecular flexibility index (Phi) is 3.41. The Morgan fingerprint density at radius 1 is 1.28 bits per heavy atom. The van der Waals surface area contributed by atoms with E-state index in [1.165, 1.54) is 0 Å². The summed E-state index contributed by atoms with van der Waals surface area (Å²) in [6.07, 6.45) is 0.643. The van der Waals surface area contributed by atoms with E-state index < -0.39 is 17.6 Å². The van der Waals surface area contributed by atoms with Crippen LogP contribution in [-0.2, 0) is 4.79 Å². The van der Waals surface area contributed by atoms with Crippen molar-refractivity contribution < 1.29 is 15.0 Å². The molecule has 4 atom stereocenters. The van der Waals surface area contributed by atoms with E-state index in [1.807, 2.05) is 27.7 Å². The Morgan fingerprint density at radius 3 is 2.44 bits per heavy atom. The van der Waals surface area contributed by atoms with Crippen LogP contribution in [0.2, 0.25) is 0 Å². The van der Waals surface area contributed by atoms with Crippen LogP contribution in [0.1, 0.15) is 47.0 Å². The maximum atomic E-state index is 12.6. The third-order valence-corrected chi connectivity index (χ3v) is 5.01. The van der Waals surface area contributed by atoms with Gasteiger partial charge in [-0.3, -0.25) is 4.79 Å². The number of hydrogen-bond donors (Lipinski definition) is 2. The zero-order valence-electron chi connectivity index (χ0n) is 11.7. The molecule has 0 bridgehead atoms. The first-order valence-electron chi connectivity index (χ1n) is 6.90. The largest absolute Gasteiger partial charge is 0.392 e. The summed E-state index contributed by atoms with van der Waals surface area (Å²) in [7, 11) is 0. The first kappa shape index (κ1) is 13.8. The summed E-state index contributed by atoms with van der Waals surface area (Å²) in [5.74, 6) is 0.272. The summed E-state index contributed by atoms with van der Waals surface area (Å²) in [5, 5.41) is 20.7. The topological polar surface area (TPSA) is 57.5 Å². The Labute approximate surface area is 109 Å². The molecule has 0 aromatic heterocycles. The molecule has 0 amide bonds. The van der Waals surface area contributed by atoms with Gasteiger partial charge in [0.1, 0.15) is 0 Å². The van der Waals surface area contributed by atoms with Crippen molar-refractivity contribution in [3.8, 4) is 0 Å². The van der Waals surface area contributed by atoms with Crippen molar-refractivity contribution in [2.24, 2.45) is 17.3 Å². The second kappa shape index (κ2) is 4.46. The van der Waals surface area contributed by atoms with Crippen LogP contribution in [0, 0.1) is 17.3 Å². The lowest BCUT2D eigenvalue weighted by molar-refractivity contribution is -0.136. The van der Waals surface area contributed by atoms with E-state index in [2.05, 4.69) is 0 Å². The standard InChI is InChI=1S/C15H24O3/c1-8(2)10-7-12(17)15(4)11(16)6-5-9(3)13(15)14(10)18/h8,10-12,16-17H,5-7H2,1-4H3/t10-,11+,12-,15+/m0/s1. The average molecular weight is 252 g/mol. The van der Waals surface area contributed by atoms with Gasteiger partial charge in [-0.2, -0.15) is 0 Å². The molecule has 0 spiro atoms. The van der Waals surface area contributed by atoms with Crippen molar-refractivity contribution in [3.63, 3.8) is 0 Å². The van der Waals surface area contributed by atoms with Crippen molar-refractivity contribution in [1.29, 1.82) is 0 Å². The molecule has 1 saturated carbocycles. The smallest absolute Gasteiger partial charge is 0.162 e. The van der Waals surface area contributed by atoms with Crippen molar-refractivity contribution in [1.82, 2.24) is 0 Å². The lowest BCUT2D eigenvalue weighted by Crippen LogP contribution is -2.54. The highest BCUT2D eigenvalue weighted by atomic mass is 16.3. The highest BCUT2D eigenvalue weighted by molar-refractivity contribution is 6.00. The predicted octanol–water partition coefficient (Wildman–Crippen LogP) is 2.07. The first-order chi connectivity index (χ1) is 8.30. The molecule has 2 aliphatic carbocycles. The number of carbonyl (C=O) groups excluding carboxylic acids is 1. The second-order valence-electron chi connectivity index (χ2n) is 6.46. The molecular weight excluding hydrogens is 228 g/mol. The fourth-order valence-electron chi connectivity index (χ4n) is 3.62. The highest BCUT2D eigenvalue weighted by Crippen LogP contribution is 2.50. The number of aliphatic hydroxyl groups is 2. The van der Waals surface area contributed by atoms with Crippen LogP contribution in [0.15, 0.2) is 11.1 Å². The minimum absolute atomic E-state index is 0.108. The summed E-state index contributed by atoms with van der Waals surface area (Å²) in [6, 6.07) is 0. The van der Waals surface area contributed by atoms with Gasteiger partial charge < -0.3 is 10.2 Å². The lowest BCUT2D eigenvalue weighted by atomic mass is 9.57. The van der Waals surface area contributed by atoms with Crippen LogP contribution in [0.3, 0.4) is 0 Å². The van der Waals surface area contributed by atoms with Crippen molar-refractivity contribution in [2.75, 3.05) is 0 Å². The molecule has 18 heavy (non-hydrogen) atoms. The van der Waals surface area contributed by atoms with Crippen LogP contribution in [0.25, 0.3) is 0 Å². The Hall–Kier alpha value is -0.670. The van der Waals surface area contributed by atoms with Crippen molar-refractivity contribution >= 4 is 5.78 Å². The number of ketones is 1. The molecule has 102 valence electrons. The molecule has 0 aromatic carbocycles. The van der Waals surface area contributed by atoms with Crippen LogP contribution in [0.5, 0.6) is 0 Å². The summed E-state index contributed by atoms with van der Waals surface area (Å²) in [5.41, 5.74) is 1.00. The van der Waals surface area contributed by atoms with Gasteiger partial charge in [0, 0.05) is 16.9 Å². The summed E-state index contributed by atoms with van der Waals surface area (Å²) in [4.78, 5) is 12.6. The Morgan fingerprint density at radius 2 is 1.89 bits per heavy atom. The van der Waals surface area contributed by atoms with Crippen LogP contribution in [0.4, 0.5) is 0 Å². The minimum atomic E-state index is -0.759. The second-order valence-corrected chi connectivity index (χ2v) is 6.46. The minimum Gasteiger partial charge on any atom is -0.392 e. The number of hydrogen-bond acceptors (Lipinski definition) is 3. The van der Waals surface area contributed by atoms with E-state index in [1.54, 1.807) is 0 Å². The van der Waals surface area contributed by atoms with Crippen molar-refractivity contribution in [3.05, 3.63) is 11.1 Å². The van der Waals surface area contributed by atoms with Gasteiger partial charge in [-0.05, 0) is 32.1 Å². The van der Waals surface area contributed by atoms with Gasteiger partial charge >= 0.3 is 0 Å². The fourth-order valence-corrected chi connectivity index (χ4v) is 3.62. The van der Waals surface area contributed by atoms with E-state index in [4.69, 9.17) is 0 Å². The average Bonchev–Trinajstić information content (AvgIpc) is 2.29. The van der Waals surface area contributed by atoms with Crippen LogP contribution >= 0.6 is 0 Å². The SMILES string of the molecule is CC1=C2C(=O)[C@H](C(C)C)C[C@H](O)[C@@]2(C)[C@H](O)CC1. The van der Waals surface area contributed by atoms with Gasteiger partial charge in [-0.1, -0.05) is 26.3 Å².